The third-order valence-electron chi connectivity index (χ3n) is 12.3. The van der Waals surface area contributed by atoms with E-state index in [4.69, 9.17) is 14.5 Å². The van der Waals surface area contributed by atoms with Crippen LogP contribution in [0.25, 0.3) is 27.7 Å². The van der Waals surface area contributed by atoms with E-state index in [0.717, 1.165) is 70.6 Å². The number of likely N-dealkylation sites (N-methyl/N-ethyl adjacent to an activating group) is 1. The average Bonchev–Trinajstić information content (AvgIpc) is 4.03. The summed E-state index contributed by atoms with van der Waals surface area (Å²) in [4.78, 5) is 60.3. The van der Waals surface area contributed by atoms with E-state index in [1.54, 1.807) is 29.5 Å². The maximum absolute atomic E-state index is 14.3. The number of thiazole rings is 1. The number of methoxy groups -OCH3 is 1. The van der Waals surface area contributed by atoms with Gasteiger partial charge in [-0.25, -0.2) is 14.7 Å². The predicted octanol–water partition coefficient (Wildman–Crippen LogP) is 6.18. The Kier molecular flexibility index (Phi) is 16.4. The van der Waals surface area contributed by atoms with Crippen LogP contribution in [0.2, 0.25) is 0 Å². The van der Waals surface area contributed by atoms with Crippen molar-refractivity contribution >= 4 is 64.0 Å². The predicted molar refractivity (Wildman–Crippen MR) is 252 cm³/mol. The lowest BCUT2D eigenvalue weighted by Gasteiger charge is -2.35. The molecule has 0 radical (unpaired) electrons. The molecule has 3 aliphatic heterocycles. The van der Waals surface area contributed by atoms with Crippen LogP contribution in [-0.4, -0.2) is 120 Å². The summed E-state index contributed by atoms with van der Waals surface area (Å²) in [5, 5.41) is 13.8. The molecule has 2 fully saturated rings. The van der Waals surface area contributed by atoms with Crippen molar-refractivity contribution in [3.8, 4) is 11.3 Å². The van der Waals surface area contributed by atoms with Crippen LogP contribution < -0.4 is 16.1 Å². The van der Waals surface area contributed by atoms with Crippen LogP contribution >= 0.6 is 23.3 Å². The van der Waals surface area contributed by atoms with Crippen LogP contribution in [0, 0.1) is 17.3 Å². The van der Waals surface area contributed by atoms with E-state index in [0.29, 0.717) is 50.5 Å². The van der Waals surface area contributed by atoms with Gasteiger partial charge in [0.1, 0.15) is 12.1 Å². The third kappa shape index (κ3) is 11.1. The third-order valence-corrected chi connectivity index (χ3v) is 13.9. The minimum absolute atomic E-state index is 0.0749. The van der Waals surface area contributed by atoms with Crippen LogP contribution in [0.4, 0.5) is 0 Å². The van der Waals surface area contributed by atoms with E-state index in [2.05, 4.69) is 82.6 Å². The molecule has 6 rings (SSSR count). The Morgan fingerprint density at radius 3 is 2.67 bits per heavy atom. The number of dihydropyridines is 1. The molecular weight excluding hydrogens is 837 g/mol. The number of nitrogens with zero attached hydrogens (tertiary/aromatic N) is 5. The second-order valence-electron chi connectivity index (χ2n) is 17.8. The Hall–Kier alpha value is -4.48. The van der Waals surface area contributed by atoms with Crippen molar-refractivity contribution in [2.24, 2.45) is 17.3 Å². The standard InChI is InChI=1S/C47H66N8O6S2/c1-10-54-39-17-16-32(23-35(39)36(25-47(6,7)28-61-29-56)43(54)34-15-14-19-48-41(34)31(5)60-9)38-27-62-40(50-38)24-37(46(59)55-21-13-12-20-49-55)51-44(57)42(30(3)4)52(8)45(58)33-18-22-53(26-33)63-11-2/h11,14-17,23,27,29-31,33,37,42,48-49H,2,10,12-13,18-22,24-26,28H2,1,3-9H3,(H,51,57). The number of benzene rings is 1. The zero-order chi connectivity index (χ0) is 45.4. The van der Waals surface area contributed by atoms with E-state index in [1.807, 2.05) is 26.2 Å². The van der Waals surface area contributed by atoms with Crippen molar-refractivity contribution in [2.45, 2.75) is 98.4 Å². The number of amides is 3. The molecule has 5 heterocycles. The van der Waals surface area contributed by atoms with Crippen LogP contribution in [-0.2, 0) is 48.0 Å². The van der Waals surface area contributed by atoms with Crippen LogP contribution in [0.5, 0.6) is 0 Å². The molecule has 14 nitrogen and oxygen atoms in total. The molecule has 0 aliphatic carbocycles. The number of rotatable bonds is 20. The molecule has 0 spiro atoms. The van der Waals surface area contributed by atoms with Gasteiger partial charge in [-0.3, -0.25) is 24.2 Å². The second-order valence-corrected chi connectivity index (χ2v) is 19.8. The molecule has 0 saturated carbocycles. The molecule has 4 atom stereocenters. The van der Waals surface area contributed by atoms with Crippen molar-refractivity contribution in [2.75, 3.05) is 53.5 Å². The Morgan fingerprint density at radius 2 is 1.98 bits per heavy atom. The van der Waals surface area contributed by atoms with Crippen molar-refractivity contribution in [1.29, 1.82) is 0 Å². The molecule has 0 bridgehead atoms. The van der Waals surface area contributed by atoms with Gasteiger partial charge in [-0.2, -0.15) is 0 Å². The SMILES string of the molecule is C=CSN1CCC(C(=O)N(C)C(C(=O)NC(Cc2nc(-c3ccc4c(c3)c(CC(C)(C)COC=O)c(C3=C(C(C)OC)NCC=C3)n4CC)cs2)C(=O)N2CCCCN2)C(C)C)C1. The number of carbonyl (C=O) groups excluding carboxylic acids is 4. The highest BCUT2D eigenvalue weighted by Gasteiger charge is 2.39. The molecule has 63 heavy (non-hydrogen) atoms. The van der Waals surface area contributed by atoms with Gasteiger partial charge in [0.05, 0.1) is 35.0 Å². The number of ether oxygens (including phenoxy) is 2. The number of hydrogen-bond donors (Lipinski definition) is 3. The smallest absolute Gasteiger partial charge is 0.293 e. The first kappa shape index (κ1) is 48.0. The zero-order valence-electron chi connectivity index (χ0n) is 38.2. The molecule has 3 amide bonds. The minimum atomic E-state index is -0.905. The van der Waals surface area contributed by atoms with Gasteiger partial charge in [0.2, 0.25) is 11.8 Å². The molecule has 2 saturated heterocycles. The minimum Gasteiger partial charge on any atom is -0.467 e. The molecule has 3 N–H and O–H groups in total. The summed E-state index contributed by atoms with van der Waals surface area (Å²) in [6, 6.07) is 4.76. The van der Waals surface area contributed by atoms with Crippen molar-refractivity contribution < 1.29 is 28.7 Å². The average molecular weight is 903 g/mol. The first-order valence-electron chi connectivity index (χ1n) is 22.2. The molecule has 1 aromatic carbocycles. The van der Waals surface area contributed by atoms with Gasteiger partial charge in [-0.1, -0.05) is 64.4 Å². The first-order valence-corrected chi connectivity index (χ1v) is 23.9. The highest BCUT2D eigenvalue weighted by molar-refractivity contribution is 7.99. The molecule has 3 aliphatic rings. The van der Waals surface area contributed by atoms with E-state index in [9.17, 15) is 19.2 Å². The fraction of sp³-hybridized carbons (Fsp3) is 0.553. The van der Waals surface area contributed by atoms with Gasteiger partial charge in [-0.15, -0.1) is 11.3 Å². The van der Waals surface area contributed by atoms with Gasteiger partial charge in [0, 0.05) is 98.4 Å². The van der Waals surface area contributed by atoms with E-state index < -0.39 is 12.1 Å². The topological polar surface area (TPSA) is 150 Å². The van der Waals surface area contributed by atoms with Gasteiger partial charge in [-0.05, 0) is 68.6 Å². The van der Waals surface area contributed by atoms with Crippen LogP contribution in [0.3, 0.4) is 0 Å². The molecule has 4 unspecified atom stereocenters. The second kappa shape index (κ2) is 21.5. The molecule has 2 aromatic heterocycles. The number of nitrogens with one attached hydrogen (secondary N) is 3. The summed E-state index contributed by atoms with van der Waals surface area (Å²) >= 11 is 2.96. The summed E-state index contributed by atoms with van der Waals surface area (Å²) in [5.74, 6) is -1.08. The molecular formula is C47H66N8O6S2. The lowest BCUT2D eigenvalue weighted by atomic mass is 9.84. The Morgan fingerprint density at radius 1 is 1.19 bits per heavy atom. The van der Waals surface area contributed by atoms with E-state index in [-0.39, 0.29) is 54.1 Å². The lowest BCUT2D eigenvalue weighted by molar-refractivity contribution is -0.145. The fourth-order valence-corrected chi connectivity index (χ4v) is 10.7. The Labute approximate surface area is 381 Å². The Balaban J connectivity index is 1.33. The van der Waals surface area contributed by atoms with E-state index >= 15 is 0 Å². The zero-order valence-corrected chi connectivity index (χ0v) is 39.8. The summed E-state index contributed by atoms with van der Waals surface area (Å²) in [6.07, 6.45) is 7.50. The summed E-state index contributed by atoms with van der Waals surface area (Å²) < 4.78 is 15.6. The number of fused-ring (bicyclic) bond motifs is 1. The number of hydrazine groups is 1. The lowest BCUT2D eigenvalue weighted by Crippen LogP contribution is -2.59. The van der Waals surface area contributed by atoms with Crippen molar-refractivity contribution in [3.63, 3.8) is 0 Å². The monoisotopic (exact) mass is 902 g/mol. The van der Waals surface area contributed by atoms with Gasteiger partial charge in [0.15, 0.2) is 0 Å². The van der Waals surface area contributed by atoms with Gasteiger partial charge < -0.3 is 29.6 Å². The molecule has 342 valence electrons. The molecule has 16 heteroatoms. The van der Waals surface area contributed by atoms with Crippen molar-refractivity contribution in [3.05, 3.63) is 69.7 Å². The maximum atomic E-state index is 14.3. The number of hydrogen-bond acceptors (Lipinski definition) is 12. The number of aromatic nitrogens is 2. The van der Waals surface area contributed by atoms with Gasteiger partial charge >= 0.3 is 0 Å². The van der Waals surface area contributed by atoms with Crippen molar-refractivity contribution in [1.82, 2.24) is 39.8 Å². The summed E-state index contributed by atoms with van der Waals surface area (Å²) in [7, 11) is 3.42. The number of carbonyl (C=O) groups is 4. The highest BCUT2D eigenvalue weighted by Crippen LogP contribution is 2.40. The fourth-order valence-electron chi connectivity index (χ4n) is 9.12. The quantitative estimate of drug-likeness (QED) is 0.0882. The largest absolute Gasteiger partial charge is 0.467 e. The highest BCUT2D eigenvalue weighted by atomic mass is 32.2. The summed E-state index contributed by atoms with van der Waals surface area (Å²) in [5.41, 5.74) is 9.93. The Bertz CT molecular complexity index is 2190. The van der Waals surface area contributed by atoms with Gasteiger partial charge in [0.25, 0.3) is 12.4 Å². The summed E-state index contributed by atoms with van der Waals surface area (Å²) in [6.45, 7) is 20.8. The maximum Gasteiger partial charge on any atom is 0.293 e. The number of allylic oxidation sites excluding steroid dienone is 2. The van der Waals surface area contributed by atoms with Crippen LogP contribution in [0.15, 0.2) is 53.4 Å². The van der Waals surface area contributed by atoms with E-state index in [1.165, 1.54) is 23.3 Å². The number of aryl methyl sites for hydroxylation is 1. The molecule has 3 aromatic rings. The first-order chi connectivity index (χ1) is 30.2. The normalized spacial score (nSPS) is 18.6. The van der Waals surface area contributed by atoms with Crippen LogP contribution in [0.1, 0.15) is 77.1 Å².